The van der Waals surface area contributed by atoms with Gasteiger partial charge in [0.25, 0.3) is 5.91 Å². The van der Waals surface area contributed by atoms with Crippen molar-refractivity contribution in [3.8, 4) is 5.75 Å². The van der Waals surface area contributed by atoms with E-state index in [-0.39, 0.29) is 29.8 Å². The molecule has 0 spiro atoms. The Labute approximate surface area is 173 Å². The topological polar surface area (TPSA) is 70.1 Å². The number of aliphatic hydroxyl groups excluding tert-OH is 1. The predicted octanol–water partition coefficient (Wildman–Crippen LogP) is 2.95. The van der Waals surface area contributed by atoms with E-state index in [4.69, 9.17) is 4.74 Å². The van der Waals surface area contributed by atoms with E-state index in [1.54, 1.807) is 6.07 Å². The van der Waals surface area contributed by atoms with Crippen molar-refractivity contribution in [3.63, 3.8) is 0 Å². The van der Waals surface area contributed by atoms with Crippen molar-refractivity contribution in [1.29, 1.82) is 0 Å². The van der Waals surface area contributed by atoms with Crippen LogP contribution in [0.15, 0.2) is 24.3 Å². The molecule has 0 aliphatic carbocycles. The summed E-state index contributed by atoms with van der Waals surface area (Å²) in [6, 6.07) is 7.34. The molecule has 160 valence electrons. The van der Waals surface area contributed by atoms with Gasteiger partial charge in [0.05, 0.1) is 12.1 Å². The third-order valence-corrected chi connectivity index (χ3v) is 6.37. The molecule has 29 heavy (non-hydrogen) atoms. The van der Waals surface area contributed by atoms with Crippen LogP contribution in [0.2, 0.25) is 0 Å². The van der Waals surface area contributed by atoms with Gasteiger partial charge >= 0.3 is 0 Å². The smallest absolute Gasteiger partial charge is 0.257 e. The molecule has 3 aliphatic rings. The van der Waals surface area contributed by atoms with Crippen LogP contribution in [0.25, 0.3) is 0 Å². The second-order valence-electron chi connectivity index (χ2n) is 8.73. The zero-order valence-corrected chi connectivity index (χ0v) is 17.7. The molecule has 1 fully saturated rings. The molecule has 2 bridgehead atoms. The largest absolute Gasteiger partial charge is 0.491 e. The van der Waals surface area contributed by atoms with Crippen LogP contribution in [0.5, 0.6) is 5.75 Å². The maximum absolute atomic E-state index is 13.1. The monoisotopic (exact) mass is 402 g/mol. The number of nitrogens with zero attached hydrogens (tertiary/aromatic N) is 2. The Balaban J connectivity index is 1.83. The number of amides is 2. The molecule has 0 radical (unpaired) electrons. The summed E-state index contributed by atoms with van der Waals surface area (Å²) in [4.78, 5) is 29.5. The molecular formula is C23H34N2O4. The van der Waals surface area contributed by atoms with Crippen molar-refractivity contribution in [2.45, 2.75) is 46.0 Å². The van der Waals surface area contributed by atoms with Gasteiger partial charge in [0, 0.05) is 32.2 Å². The molecule has 0 saturated carbocycles. The average Bonchev–Trinajstić information content (AvgIpc) is 2.75. The molecule has 3 aliphatic heterocycles. The highest BCUT2D eigenvalue weighted by Crippen LogP contribution is 2.37. The lowest BCUT2D eigenvalue weighted by atomic mass is 9.75. The number of ether oxygens (including phenoxy) is 1. The molecule has 1 N–H and O–H groups in total. The number of carbonyl (C=O) groups is 2. The lowest BCUT2D eigenvalue weighted by molar-refractivity contribution is -0.135. The number of para-hydroxylation sites is 1. The summed E-state index contributed by atoms with van der Waals surface area (Å²) in [7, 11) is 0. The van der Waals surface area contributed by atoms with Gasteiger partial charge in [-0.2, -0.15) is 0 Å². The standard InChI is InChI=1S/C23H34N2O4/c1-18(2)21(27)24-12-6-5-9-23(17-26)10-13-25(14-11-23)22(28)19-7-3-4-8-20(19)29-16-15-24/h3-4,7-8,18,26H,5-6,9-17H2,1-2H3. The van der Waals surface area contributed by atoms with Crippen LogP contribution in [0.4, 0.5) is 0 Å². The Kier molecular flexibility index (Phi) is 7.17. The summed E-state index contributed by atoms with van der Waals surface area (Å²) < 4.78 is 5.96. The molecule has 4 rings (SSSR count). The van der Waals surface area contributed by atoms with Crippen molar-refractivity contribution in [3.05, 3.63) is 29.8 Å². The van der Waals surface area contributed by atoms with Crippen molar-refractivity contribution >= 4 is 11.8 Å². The molecule has 6 nitrogen and oxygen atoms in total. The summed E-state index contributed by atoms with van der Waals surface area (Å²) in [5.41, 5.74) is 0.459. The average molecular weight is 403 g/mol. The first-order valence-corrected chi connectivity index (χ1v) is 10.9. The zero-order valence-electron chi connectivity index (χ0n) is 17.7. The van der Waals surface area contributed by atoms with E-state index in [0.29, 0.717) is 44.1 Å². The third kappa shape index (κ3) is 5.10. The van der Waals surface area contributed by atoms with Crippen LogP contribution >= 0.6 is 0 Å². The minimum Gasteiger partial charge on any atom is -0.491 e. The molecular weight excluding hydrogens is 368 g/mol. The maximum Gasteiger partial charge on any atom is 0.257 e. The van der Waals surface area contributed by atoms with Gasteiger partial charge in [-0.1, -0.05) is 32.4 Å². The minimum absolute atomic E-state index is 0.0166. The first kappa shape index (κ1) is 21.6. The Bertz CT molecular complexity index is 711. The number of rotatable bonds is 2. The molecule has 6 heteroatoms. The third-order valence-electron chi connectivity index (χ3n) is 6.37. The van der Waals surface area contributed by atoms with E-state index in [1.807, 2.05) is 41.8 Å². The van der Waals surface area contributed by atoms with E-state index < -0.39 is 0 Å². The van der Waals surface area contributed by atoms with Gasteiger partial charge in [0.1, 0.15) is 12.4 Å². The SMILES string of the molecule is CC(C)C(=O)N1CCCCC2(CO)CCN(CC2)C(=O)c2ccccc2OCC1. The summed E-state index contributed by atoms with van der Waals surface area (Å²) in [5.74, 6) is 0.629. The highest BCUT2D eigenvalue weighted by atomic mass is 16.5. The second kappa shape index (κ2) is 9.61. The molecule has 3 heterocycles. The van der Waals surface area contributed by atoms with Crippen LogP contribution in [0, 0.1) is 11.3 Å². The Morgan fingerprint density at radius 3 is 2.52 bits per heavy atom. The molecule has 0 unspecified atom stereocenters. The fourth-order valence-corrected chi connectivity index (χ4v) is 4.38. The number of hydrogen-bond acceptors (Lipinski definition) is 4. The molecule has 1 aromatic rings. The lowest BCUT2D eigenvalue weighted by Crippen LogP contribution is -2.44. The summed E-state index contributed by atoms with van der Waals surface area (Å²) in [5, 5.41) is 10.1. The van der Waals surface area contributed by atoms with E-state index in [1.165, 1.54) is 0 Å². The predicted molar refractivity (Wildman–Crippen MR) is 112 cm³/mol. The minimum atomic E-state index is -0.111. The number of aliphatic hydroxyl groups is 1. The number of hydrogen-bond donors (Lipinski definition) is 1. The van der Waals surface area contributed by atoms with Gasteiger partial charge in [-0.25, -0.2) is 0 Å². The van der Waals surface area contributed by atoms with Gasteiger partial charge in [-0.05, 0) is 43.2 Å². The molecule has 0 atom stereocenters. The normalized spacial score (nSPS) is 20.6. The summed E-state index contributed by atoms with van der Waals surface area (Å²) in [6.45, 7) is 6.88. The van der Waals surface area contributed by atoms with Crippen molar-refractivity contribution < 1.29 is 19.4 Å². The van der Waals surface area contributed by atoms with E-state index >= 15 is 0 Å². The van der Waals surface area contributed by atoms with Crippen molar-refractivity contribution in [2.24, 2.45) is 11.3 Å². The van der Waals surface area contributed by atoms with E-state index in [9.17, 15) is 14.7 Å². The summed E-state index contributed by atoms with van der Waals surface area (Å²) in [6.07, 6.45) is 4.44. The lowest BCUT2D eigenvalue weighted by Gasteiger charge is -2.41. The van der Waals surface area contributed by atoms with Crippen LogP contribution in [0.1, 0.15) is 56.3 Å². The fraction of sp³-hybridized carbons (Fsp3) is 0.652. The van der Waals surface area contributed by atoms with Crippen molar-refractivity contribution in [1.82, 2.24) is 9.80 Å². The van der Waals surface area contributed by atoms with Crippen LogP contribution in [0.3, 0.4) is 0 Å². The quantitative estimate of drug-likeness (QED) is 0.826. The Morgan fingerprint density at radius 1 is 1.10 bits per heavy atom. The maximum atomic E-state index is 13.1. The first-order chi connectivity index (χ1) is 14.0. The number of carbonyl (C=O) groups excluding carboxylic acids is 2. The van der Waals surface area contributed by atoms with Gasteiger partial charge in [-0.3, -0.25) is 9.59 Å². The van der Waals surface area contributed by atoms with Gasteiger partial charge < -0.3 is 19.6 Å². The number of piperidine rings is 1. The van der Waals surface area contributed by atoms with Gasteiger partial charge in [-0.15, -0.1) is 0 Å². The van der Waals surface area contributed by atoms with Gasteiger partial charge in [0.15, 0.2) is 0 Å². The second-order valence-corrected chi connectivity index (χ2v) is 8.73. The van der Waals surface area contributed by atoms with Crippen LogP contribution in [-0.4, -0.2) is 66.1 Å². The van der Waals surface area contributed by atoms with E-state index in [0.717, 1.165) is 32.1 Å². The van der Waals surface area contributed by atoms with Gasteiger partial charge in [0.2, 0.25) is 5.91 Å². The highest BCUT2D eigenvalue weighted by molar-refractivity contribution is 5.97. The molecule has 2 amide bonds. The van der Waals surface area contributed by atoms with Crippen LogP contribution in [-0.2, 0) is 4.79 Å². The first-order valence-electron chi connectivity index (χ1n) is 10.9. The Hall–Kier alpha value is -2.08. The van der Waals surface area contributed by atoms with E-state index in [2.05, 4.69) is 0 Å². The van der Waals surface area contributed by atoms with Crippen LogP contribution < -0.4 is 4.74 Å². The Morgan fingerprint density at radius 2 is 1.83 bits per heavy atom. The highest BCUT2D eigenvalue weighted by Gasteiger charge is 2.36. The van der Waals surface area contributed by atoms with Crippen molar-refractivity contribution in [2.75, 3.05) is 39.4 Å². The molecule has 1 aromatic carbocycles. The number of benzene rings is 1. The molecule has 0 aromatic heterocycles. The molecule has 1 saturated heterocycles. The summed E-state index contributed by atoms with van der Waals surface area (Å²) >= 11 is 0. The zero-order chi connectivity index (χ0) is 20.9. The fourth-order valence-electron chi connectivity index (χ4n) is 4.38. The number of fused-ring (bicyclic) bond motifs is 9.